The summed E-state index contributed by atoms with van der Waals surface area (Å²) in [7, 11) is 3.39. The lowest BCUT2D eigenvalue weighted by Gasteiger charge is -2.18. The lowest BCUT2D eigenvalue weighted by molar-refractivity contribution is -0.130. The molecule has 3 aromatic rings. The third-order valence-corrected chi connectivity index (χ3v) is 5.05. The summed E-state index contributed by atoms with van der Waals surface area (Å²) in [6, 6.07) is 7.67. The number of carbonyl (C=O) groups is 1. The second-order valence-electron chi connectivity index (χ2n) is 5.73. The van der Waals surface area contributed by atoms with Crippen LogP contribution in [-0.2, 0) is 17.8 Å². The Balaban J connectivity index is 1.57. The molecular weight excluding hydrogens is 418 g/mol. The normalized spacial score (nSPS) is 10.7. The number of hydrogen-bond acceptors (Lipinski definition) is 6. The molecule has 136 valence electrons. The second-order valence-corrected chi connectivity index (χ2v) is 7.43. The third-order valence-electron chi connectivity index (χ3n) is 3.88. The molecule has 1 amide bonds. The van der Waals surface area contributed by atoms with Gasteiger partial charge in [-0.2, -0.15) is 16.3 Å². The topological polar surface area (TPSA) is 68.5 Å². The average Bonchev–Trinajstić information content (AvgIpc) is 3.31. The number of thiophene rings is 1. The minimum atomic E-state index is 0.00214. The monoisotopic (exact) mass is 435 g/mol. The van der Waals surface area contributed by atoms with E-state index < -0.39 is 0 Å². The second kappa shape index (κ2) is 8.46. The lowest BCUT2D eigenvalue weighted by Crippen LogP contribution is -2.26. The van der Waals surface area contributed by atoms with E-state index in [1.165, 1.54) is 0 Å². The largest absolute Gasteiger partial charge is 0.496 e. The van der Waals surface area contributed by atoms with Crippen LogP contribution in [0, 0.1) is 0 Å². The van der Waals surface area contributed by atoms with Gasteiger partial charge in [-0.1, -0.05) is 21.1 Å². The Kier molecular flexibility index (Phi) is 6.05. The van der Waals surface area contributed by atoms with Gasteiger partial charge in [0.2, 0.25) is 17.6 Å². The van der Waals surface area contributed by atoms with Gasteiger partial charge >= 0.3 is 0 Å². The van der Waals surface area contributed by atoms with Crippen LogP contribution in [0.25, 0.3) is 11.4 Å². The smallest absolute Gasteiger partial charge is 0.227 e. The lowest BCUT2D eigenvalue weighted by atomic mass is 10.2. The number of benzene rings is 1. The maximum absolute atomic E-state index is 12.4. The third kappa shape index (κ3) is 4.50. The highest BCUT2D eigenvalue weighted by Crippen LogP contribution is 2.24. The van der Waals surface area contributed by atoms with Crippen LogP contribution < -0.4 is 4.74 Å². The van der Waals surface area contributed by atoms with Crippen molar-refractivity contribution in [3.05, 3.63) is 51.0 Å². The van der Waals surface area contributed by atoms with E-state index in [-0.39, 0.29) is 5.91 Å². The van der Waals surface area contributed by atoms with Gasteiger partial charge in [0.15, 0.2) is 0 Å². The number of aryl methyl sites for hydroxylation is 1. The molecule has 0 atom stereocenters. The van der Waals surface area contributed by atoms with E-state index in [4.69, 9.17) is 9.26 Å². The zero-order valence-corrected chi connectivity index (χ0v) is 16.8. The van der Waals surface area contributed by atoms with Gasteiger partial charge in [-0.05, 0) is 29.6 Å². The molecular formula is C18H18BrN3O3S. The number of ether oxygens (including phenoxy) is 1. The molecule has 0 bridgehead atoms. The van der Waals surface area contributed by atoms with E-state index in [9.17, 15) is 4.79 Å². The number of halogens is 1. The molecule has 6 nitrogen and oxygen atoms in total. The fraction of sp³-hybridized carbons (Fsp3) is 0.278. The molecule has 0 N–H and O–H groups in total. The van der Waals surface area contributed by atoms with Gasteiger partial charge in [-0.3, -0.25) is 4.79 Å². The van der Waals surface area contributed by atoms with Crippen molar-refractivity contribution in [2.24, 2.45) is 0 Å². The molecule has 3 rings (SSSR count). The maximum atomic E-state index is 12.4. The van der Waals surface area contributed by atoms with Crippen LogP contribution >= 0.6 is 27.3 Å². The standard InChI is InChI=1S/C18H18BrN3O3S/c1-22(10-13-9-14(19)3-4-15(13)24-2)17(23)6-5-16-20-18(21-25-16)12-7-8-26-11-12/h3-4,7-9,11H,5-6,10H2,1-2H3. The molecule has 0 saturated carbocycles. The molecule has 0 aliphatic rings. The summed E-state index contributed by atoms with van der Waals surface area (Å²) in [4.78, 5) is 18.4. The van der Waals surface area contributed by atoms with E-state index in [1.807, 2.05) is 35.0 Å². The molecule has 8 heteroatoms. The molecule has 0 fully saturated rings. The van der Waals surface area contributed by atoms with Gasteiger partial charge in [-0.15, -0.1) is 0 Å². The summed E-state index contributed by atoms with van der Waals surface area (Å²) in [5, 5.41) is 7.87. The summed E-state index contributed by atoms with van der Waals surface area (Å²) < 4.78 is 11.5. The number of methoxy groups -OCH3 is 1. The van der Waals surface area contributed by atoms with Crippen molar-refractivity contribution in [3.8, 4) is 17.1 Å². The van der Waals surface area contributed by atoms with Crippen molar-refractivity contribution in [1.82, 2.24) is 15.0 Å². The summed E-state index contributed by atoms with van der Waals surface area (Å²) in [6.07, 6.45) is 0.716. The SMILES string of the molecule is COc1ccc(Br)cc1CN(C)C(=O)CCc1nc(-c2ccsc2)no1. The van der Waals surface area contributed by atoms with Gasteiger partial charge in [0, 0.05) is 47.4 Å². The van der Waals surface area contributed by atoms with Crippen molar-refractivity contribution < 1.29 is 14.1 Å². The van der Waals surface area contributed by atoms with Crippen LogP contribution in [0.2, 0.25) is 0 Å². The molecule has 0 unspecified atom stereocenters. The van der Waals surface area contributed by atoms with Crippen LogP contribution in [0.3, 0.4) is 0 Å². The number of rotatable bonds is 7. The Bertz CT molecular complexity index is 880. The first-order valence-electron chi connectivity index (χ1n) is 7.98. The highest BCUT2D eigenvalue weighted by Gasteiger charge is 2.15. The van der Waals surface area contributed by atoms with Crippen LogP contribution in [0.5, 0.6) is 5.75 Å². The van der Waals surface area contributed by atoms with Crippen molar-refractivity contribution in [3.63, 3.8) is 0 Å². The van der Waals surface area contributed by atoms with Gasteiger partial charge in [0.1, 0.15) is 5.75 Å². The summed E-state index contributed by atoms with van der Waals surface area (Å²) in [5.74, 6) is 1.78. The minimum Gasteiger partial charge on any atom is -0.496 e. The fourth-order valence-corrected chi connectivity index (χ4v) is 3.53. The Hall–Kier alpha value is -2.19. The van der Waals surface area contributed by atoms with Crippen molar-refractivity contribution in [1.29, 1.82) is 0 Å². The number of aromatic nitrogens is 2. The predicted molar refractivity (Wildman–Crippen MR) is 103 cm³/mol. The summed E-state index contributed by atoms with van der Waals surface area (Å²) >= 11 is 5.02. The van der Waals surface area contributed by atoms with Crippen molar-refractivity contribution >= 4 is 33.2 Å². The van der Waals surface area contributed by atoms with Gasteiger partial charge in [-0.25, -0.2) is 0 Å². The van der Waals surface area contributed by atoms with Crippen LogP contribution in [0.4, 0.5) is 0 Å². The molecule has 0 spiro atoms. The molecule has 0 aliphatic heterocycles. The van der Waals surface area contributed by atoms with Crippen molar-refractivity contribution in [2.75, 3.05) is 14.2 Å². The van der Waals surface area contributed by atoms with Crippen LogP contribution in [0.15, 0.2) is 44.0 Å². The molecule has 26 heavy (non-hydrogen) atoms. The number of hydrogen-bond donors (Lipinski definition) is 0. The Morgan fingerprint density at radius 3 is 2.96 bits per heavy atom. The fourth-order valence-electron chi connectivity index (χ4n) is 2.48. The predicted octanol–water partition coefficient (Wildman–Crippen LogP) is 4.16. The summed E-state index contributed by atoms with van der Waals surface area (Å²) in [5.41, 5.74) is 1.87. The van der Waals surface area contributed by atoms with Crippen molar-refractivity contribution in [2.45, 2.75) is 19.4 Å². The minimum absolute atomic E-state index is 0.00214. The Morgan fingerprint density at radius 2 is 2.23 bits per heavy atom. The average molecular weight is 436 g/mol. The Morgan fingerprint density at radius 1 is 1.38 bits per heavy atom. The first kappa shape index (κ1) is 18.6. The van der Waals surface area contributed by atoms with Gasteiger partial charge in [0.25, 0.3) is 0 Å². The molecule has 1 aromatic carbocycles. The molecule has 0 aliphatic carbocycles. The van der Waals surface area contributed by atoms with E-state index in [0.717, 1.165) is 21.3 Å². The zero-order valence-electron chi connectivity index (χ0n) is 14.4. The van der Waals surface area contributed by atoms with Crippen LogP contribution in [0.1, 0.15) is 17.9 Å². The Labute approximate surface area is 163 Å². The van der Waals surface area contributed by atoms with E-state index in [0.29, 0.717) is 31.1 Å². The molecule has 2 aromatic heterocycles. The van der Waals surface area contributed by atoms with E-state index >= 15 is 0 Å². The first-order valence-corrected chi connectivity index (χ1v) is 9.72. The van der Waals surface area contributed by atoms with E-state index in [1.54, 1.807) is 30.4 Å². The van der Waals surface area contributed by atoms with Crippen LogP contribution in [-0.4, -0.2) is 35.1 Å². The molecule has 2 heterocycles. The molecule has 0 saturated heterocycles. The number of nitrogens with zero attached hydrogens (tertiary/aromatic N) is 3. The quantitative estimate of drug-likeness (QED) is 0.557. The first-order chi connectivity index (χ1) is 12.6. The zero-order chi connectivity index (χ0) is 18.5. The molecule has 0 radical (unpaired) electrons. The van der Waals surface area contributed by atoms with E-state index in [2.05, 4.69) is 26.1 Å². The highest BCUT2D eigenvalue weighted by molar-refractivity contribution is 9.10. The number of carbonyl (C=O) groups excluding carboxylic acids is 1. The van der Waals surface area contributed by atoms with Gasteiger partial charge in [0.05, 0.1) is 7.11 Å². The highest BCUT2D eigenvalue weighted by atomic mass is 79.9. The van der Waals surface area contributed by atoms with Gasteiger partial charge < -0.3 is 14.2 Å². The maximum Gasteiger partial charge on any atom is 0.227 e. The number of amides is 1. The summed E-state index contributed by atoms with van der Waals surface area (Å²) in [6.45, 7) is 0.464.